The summed E-state index contributed by atoms with van der Waals surface area (Å²) in [6.07, 6.45) is 4.94. The fourth-order valence-corrected chi connectivity index (χ4v) is 3.80. The van der Waals surface area contributed by atoms with Gasteiger partial charge in [-0.3, -0.25) is 9.48 Å². The number of nitrogens with zero attached hydrogens (tertiary/aromatic N) is 5. The van der Waals surface area contributed by atoms with Gasteiger partial charge in [-0.05, 0) is 25.7 Å². The van der Waals surface area contributed by atoms with Crippen LogP contribution < -0.4 is 5.32 Å². The smallest absolute Gasteiger partial charge is 0.226 e. The largest absolute Gasteiger partial charge is 0.328 e. The van der Waals surface area contributed by atoms with Gasteiger partial charge >= 0.3 is 0 Å². The number of hydrogen-bond donors (Lipinski definition) is 1. The van der Waals surface area contributed by atoms with E-state index in [1.165, 1.54) is 6.33 Å². The summed E-state index contributed by atoms with van der Waals surface area (Å²) in [6, 6.07) is -0.248. The third-order valence-corrected chi connectivity index (χ3v) is 4.88. The minimum atomic E-state index is -0.248. The molecule has 0 spiro atoms. The maximum Gasteiger partial charge on any atom is 0.226 e. The quantitative estimate of drug-likeness (QED) is 0.917. The molecule has 0 saturated carbocycles. The first-order chi connectivity index (χ1) is 11.4. The van der Waals surface area contributed by atoms with Gasteiger partial charge in [-0.15, -0.1) is 0 Å². The van der Waals surface area contributed by atoms with Crippen LogP contribution in [0.4, 0.5) is 5.95 Å². The zero-order chi connectivity index (χ0) is 17.1. The Morgan fingerprint density at radius 1 is 1.38 bits per heavy atom. The molecule has 4 rings (SSSR count). The van der Waals surface area contributed by atoms with Crippen molar-refractivity contribution in [1.82, 2.24) is 24.5 Å². The highest BCUT2D eigenvalue weighted by Gasteiger charge is 2.42. The van der Waals surface area contributed by atoms with E-state index in [1.807, 2.05) is 17.8 Å². The number of carbonyl (C=O) groups is 1. The van der Waals surface area contributed by atoms with Crippen LogP contribution in [0.5, 0.6) is 0 Å². The van der Waals surface area contributed by atoms with Crippen LogP contribution in [0.15, 0.2) is 23.8 Å². The molecule has 1 aliphatic heterocycles. The lowest BCUT2D eigenvalue weighted by Gasteiger charge is -2.38. The van der Waals surface area contributed by atoms with Crippen LogP contribution in [-0.4, -0.2) is 30.3 Å². The van der Waals surface area contributed by atoms with E-state index in [9.17, 15) is 4.79 Å². The van der Waals surface area contributed by atoms with Gasteiger partial charge in [0.1, 0.15) is 12.4 Å². The topological polar surface area (TPSA) is 77.6 Å². The number of aryl methyl sites for hydroxylation is 2. The number of nitrogens with one attached hydrogen (secondary N) is 1. The Hall–Kier alpha value is -2.44. The van der Waals surface area contributed by atoms with Crippen LogP contribution in [0.25, 0.3) is 0 Å². The third kappa shape index (κ3) is 2.18. The standard InChI is InChI=1S/C17H22N6O/c1-5-22-8-11(10(2)21-22)15-14-12(6-17(3,4)7-13(14)24)20-16-18-9-19-23(15)16/h8-9,15H,5-7H2,1-4H3,(H,18,19,20)/t15-/m1/s1. The molecule has 1 N–H and O–H groups in total. The van der Waals surface area contributed by atoms with Crippen molar-refractivity contribution in [1.29, 1.82) is 0 Å². The average Bonchev–Trinajstić information content (AvgIpc) is 3.09. The molecule has 0 amide bonds. The third-order valence-electron chi connectivity index (χ3n) is 4.88. The van der Waals surface area contributed by atoms with Crippen LogP contribution in [0.1, 0.15) is 50.9 Å². The molecule has 0 unspecified atom stereocenters. The number of rotatable bonds is 2. The van der Waals surface area contributed by atoms with E-state index in [-0.39, 0.29) is 17.2 Å². The van der Waals surface area contributed by atoms with Gasteiger partial charge in [-0.1, -0.05) is 13.8 Å². The lowest BCUT2D eigenvalue weighted by molar-refractivity contribution is -0.118. The molecule has 1 atom stereocenters. The zero-order valence-electron chi connectivity index (χ0n) is 14.5. The summed E-state index contributed by atoms with van der Waals surface area (Å²) in [5, 5.41) is 12.3. The van der Waals surface area contributed by atoms with Gasteiger partial charge in [0.2, 0.25) is 5.95 Å². The molecule has 2 aromatic heterocycles. The highest BCUT2D eigenvalue weighted by Crippen LogP contribution is 2.45. The molecule has 0 radical (unpaired) electrons. The molecule has 126 valence electrons. The monoisotopic (exact) mass is 326 g/mol. The molecule has 24 heavy (non-hydrogen) atoms. The predicted octanol–water partition coefficient (Wildman–Crippen LogP) is 2.46. The van der Waals surface area contributed by atoms with Crippen LogP contribution in [0.3, 0.4) is 0 Å². The van der Waals surface area contributed by atoms with E-state index < -0.39 is 0 Å². The molecule has 7 nitrogen and oxygen atoms in total. The van der Waals surface area contributed by atoms with Crippen molar-refractivity contribution in [2.24, 2.45) is 5.41 Å². The molecule has 1 aliphatic carbocycles. The molecule has 0 saturated heterocycles. The fraction of sp³-hybridized carbons (Fsp3) is 0.529. The van der Waals surface area contributed by atoms with Gasteiger partial charge in [-0.2, -0.15) is 15.2 Å². The minimum Gasteiger partial charge on any atom is -0.328 e. The van der Waals surface area contributed by atoms with Gasteiger partial charge in [0, 0.05) is 36.0 Å². The van der Waals surface area contributed by atoms with Crippen molar-refractivity contribution >= 4 is 11.7 Å². The van der Waals surface area contributed by atoms with E-state index in [0.29, 0.717) is 12.4 Å². The number of carbonyl (C=O) groups excluding carboxylic acids is 1. The molecular weight excluding hydrogens is 304 g/mol. The van der Waals surface area contributed by atoms with Crippen LogP contribution in [0.2, 0.25) is 0 Å². The first-order valence-electron chi connectivity index (χ1n) is 8.36. The van der Waals surface area contributed by atoms with Crippen molar-refractivity contribution in [2.45, 2.75) is 53.1 Å². The molecule has 2 aliphatic rings. The van der Waals surface area contributed by atoms with Crippen LogP contribution in [-0.2, 0) is 11.3 Å². The Bertz CT molecular complexity index is 856. The highest BCUT2D eigenvalue weighted by molar-refractivity contribution is 6.00. The second kappa shape index (κ2) is 5.03. The highest BCUT2D eigenvalue weighted by atomic mass is 16.1. The Balaban J connectivity index is 1.91. The Morgan fingerprint density at radius 3 is 2.88 bits per heavy atom. The van der Waals surface area contributed by atoms with E-state index in [4.69, 9.17) is 0 Å². The molecule has 7 heteroatoms. The number of aromatic nitrogens is 5. The van der Waals surface area contributed by atoms with Crippen molar-refractivity contribution in [2.75, 3.05) is 5.32 Å². The Labute approximate surface area is 140 Å². The number of allylic oxidation sites excluding steroid dienone is 2. The van der Waals surface area contributed by atoms with Crippen molar-refractivity contribution < 1.29 is 4.79 Å². The predicted molar refractivity (Wildman–Crippen MR) is 89.5 cm³/mol. The van der Waals surface area contributed by atoms with Crippen molar-refractivity contribution in [3.8, 4) is 0 Å². The number of ketones is 1. The Kier molecular flexibility index (Phi) is 3.16. The molecule has 3 heterocycles. The summed E-state index contributed by atoms with van der Waals surface area (Å²) in [6.45, 7) is 9.09. The summed E-state index contributed by atoms with van der Waals surface area (Å²) >= 11 is 0. The molecule has 0 bridgehead atoms. The van der Waals surface area contributed by atoms with Gasteiger partial charge in [0.15, 0.2) is 5.78 Å². The first kappa shape index (κ1) is 15.1. The Morgan fingerprint density at radius 2 is 2.17 bits per heavy atom. The molecule has 2 aromatic rings. The molecule has 0 fully saturated rings. The van der Waals surface area contributed by atoms with Crippen molar-refractivity contribution in [3.05, 3.63) is 35.1 Å². The second-order valence-electron chi connectivity index (χ2n) is 7.41. The fourth-order valence-electron chi connectivity index (χ4n) is 3.80. The van der Waals surface area contributed by atoms with Gasteiger partial charge < -0.3 is 5.32 Å². The zero-order valence-corrected chi connectivity index (χ0v) is 14.5. The maximum absolute atomic E-state index is 13.0. The summed E-state index contributed by atoms with van der Waals surface area (Å²) < 4.78 is 3.71. The van der Waals surface area contributed by atoms with E-state index in [1.54, 1.807) is 4.68 Å². The van der Waals surface area contributed by atoms with Gasteiger partial charge in [0.05, 0.1) is 5.69 Å². The van der Waals surface area contributed by atoms with Crippen LogP contribution >= 0.6 is 0 Å². The molecular formula is C17H22N6O. The summed E-state index contributed by atoms with van der Waals surface area (Å²) in [5.74, 6) is 0.872. The number of Topliss-reactive ketones (excluding diaryl/α,β-unsaturated/α-hetero) is 1. The lowest BCUT2D eigenvalue weighted by Crippen LogP contribution is -2.36. The SMILES string of the molecule is CCn1cc([C@@H]2C3=C(CC(C)(C)CC3=O)Nc3ncnn32)c(C)n1. The number of fused-ring (bicyclic) bond motifs is 1. The maximum atomic E-state index is 13.0. The van der Waals surface area contributed by atoms with Gasteiger partial charge in [0.25, 0.3) is 0 Å². The first-order valence-corrected chi connectivity index (χ1v) is 8.36. The number of hydrogen-bond acceptors (Lipinski definition) is 5. The summed E-state index contributed by atoms with van der Waals surface area (Å²) in [7, 11) is 0. The minimum absolute atomic E-state index is 0.0434. The average molecular weight is 326 g/mol. The normalized spacial score (nSPS) is 22.2. The van der Waals surface area contributed by atoms with E-state index in [2.05, 4.69) is 41.3 Å². The summed E-state index contributed by atoms with van der Waals surface area (Å²) in [5.41, 5.74) is 3.69. The van der Waals surface area contributed by atoms with Crippen molar-refractivity contribution in [3.63, 3.8) is 0 Å². The van der Waals surface area contributed by atoms with Crippen LogP contribution in [0, 0.1) is 12.3 Å². The van der Waals surface area contributed by atoms with E-state index >= 15 is 0 Å². The summed E-state index contributed by atoms with van der Waals surface area (Å²) in [4.78, 5) is 17.3. The number of anilines is 1. The van der Waals surface area contributed by atoms with E-state index in [0.717, 1.165) is 35.5 Å². The lowest BCUT2D eigenvalue weighted by atomic mass is 9.73. The molecule has 0 aromatic carbocycles. The van der Waals surface area contributed by atoms with Gasteiger partial charge in [-0.25, -0.2) is 4.68 Å². The second-order valence-corrected chi connectivity index (χ2v) is 7.41.